The lowest BCUT2D eigenvalue weighted by molar-refractivity contribution is -0.132. The summed E-state index contributed by atoms with van der Waals surface area (Å²) in [4.78, 5) is 13.7. The number of rotatable bonds is 3. The molecular formula is C11H17N3O. The first kappa shape index (κ1) is 10.2. The number of nitrogens with zero attached hydrogens (tertiary/aromatic N) is 3. The third kappa shape index (κ3) is 2.37. The smallest absolute Gasteiger partial charge is 0.244 e. The molecule has 1 aliphatic rings. The number of hydrogen-bond acceptors (Lipinski definition) is 2. The van der Waals surface area contributed by atoms with Crippen LogP contribution in [0.1, 0.15) is 25.7 Å². The molecule has 1 saturated carbocycles. The molecule has 0 aliphatic heterocycles. The van der Waals surface area contributed by atoms with Gasteiger partial charge < -0.3 is 4.90 Å². The van der Waals surface area contributed by atoms with Crippen molar-refractivity contribution in [2.45, 2.75) is 38.3 Å². The molecule has 0 atom stereocenters. The van der Waals surface area contributed by atoms with Crippen LogP contribution in [-0.4, -0.2) is 33.7 Å². The summed E-state index contributed by atoms with van der Waals surface area (Å²) in [7, 11) is 1.90. The number of carbonyl (C=O) groups is 1. The molecule has 0 saturated heterocycles. The molecule has 2 rings (SSSR count). The zero-order chi connectivity index (χ0) is 10.7. The summed E-state index contributed by atoms with van der Waals surface area (Å²) in [5.41, 5.74) is 0. The van der Waals surface area contributed by atoms with Crippen molar-refractivity contribution in [2.24, 2.45) is 0 Å². The molecule has 4 nitrogen and oxygen atoms in total. The van der Waals surface area contributed by atoms with Crippen LogP contribution < -0.4 is 0 Å². The Bertz CT molecular complexity index is 315. The summed E-state index contributed by atoms with van der Waals surface area (Å²) in [6.45, 7) is 0.361. The fraction of sp³-hybridized carbons (Fsp3) is 0.636. The van der Waals surface area contributed by atoms with E-state index in [1.807, 2.05) is 24.2 Å². The second-order valence-electron chi connectivity index (χ2n) is 4.15. The zero-order valence-corrected chi connectivity index (χ0v) is 9.09. The van der Waals surface area contributed by atoms with Gasteiger partial charge in [-0.25, -0.2) is 0 Å². The Hall–Kier alpha value is -1.32. The van der Waals surface area contributed by atoms with E-state index in [1.165, 1.54) is 12.8 Å². The highest BCUT2D eigenvalue weighted by molar-refractivity contribution is 5.75. The molecule has 1 aromatic rings. The average Bonchev–Trinajstić information content (AvgIpc) is 2.88. The van der Waals surface area contributed by atoms with Gasteiger partial charge in [0.15, 0.2) is 0 Å². The molecule has 0 bridgehead atoms. The van der Waals surface area contributed by atoms with Crippen molar-refractivity contribution in [1.82, 2.24) is 14.7 Å². The average molecular weight is 207 g/mol. The van der Waals surface area contributed by atoms with Gasteiger partial charge in [-0.15, -0.1) is 0 Å². The maximum Gasteiger partial charge on any atom is 0.244 e. The van der Waals surface area contributed by atoms with Gasteiger partial charge in [0, 0.05) is 25.5 Å². The Labute approximate surface area is 89.9 Å². The van der Waals surface area contributed by atoms with Crippen LogP contribution in [0.3, 0.4) is 0 Å². The molecule has 0 N–H and O–H groups in total. The second-order valence-corrected chi connectivity index (χ2v) is 4.15. The van der Waals surface area contributed by atoms with E-state index in [0.29, 0.717) is 12.6 Å². The summed E-state index contributed by atoms with van der Waals surface area (Å²) >= 11 is 0. The number of amides is 1. The Morgan fingerprint density at radius 1 is 1.53 bits per heavy atom. The predicted octanol–water partition coefficient (Wildman–Crippen LogP) is 1.28. The summed E-state index contributed by atoms with van der Waals surface area (Å²) < 4.78 is 1.67. The van der Waals surface area contributed by atoms with E-state index in [2.05, 4.69) is 5.10 Å². The van der Waals surface area contributed by atoms with E-state index >= 15 is 0 Å². The third-order valence-corrected chi connectivity index (χ3v) is 3.12. The molecule has 4 heteroatoms. The van der Waals surface area contributed by atoms with Crippen LogP contribution in [0.25, 0.3) is 0 Å². The Morgan fingerprint density at radius 2 is 2.27 bits per heavy atom. The topological polar surface area (TPSA) is 38.1 Å². The maximum atomic E-state index is 11.9. The van der Waals surface area contributed by atoms with Crippen molar-refractivity contribution >= 4 is 5.91 Å². The van der Waals surface area contributed by atoms with Crippen molar-refractivity contribution in [3.63, 3.8) is 0 Å². The summed E-state index contributed by atoms with van der Waals surface area (Å²) in [6, 6.07) is 2.29. The summed E-state index contributed by atoms with van der Waals surface area (Å²) in [6.07, 6.45) is 8.33. The number of aromatic nitrogens is 2. The monoisotopic (exact) mass is 207 g/mol. The first-order valence-electron chi connectivity index (χ1n) is 5.50. The summed E-state index contributed by atoms with van der Waals surface area (Å²) in [5, 5.41) is 4.03. The van der Waals surface area contributed by atoms with E-state index in [0.717, 1.165) is 12.8 Å². The first-order chi connectivity index (χ1) is 7.27. The van der Waals surface area contributed by atoms with Gasteiger partial charge in [0.2, 0.25) is 5.91 Å². The lowest BCUT2D eigenvalue weighted by Crippen LogP contribution is -2.37. The highest BCUT2D eigenvalue weighted by atomic mass is 16.2. The molecule has 1 aromatic heterocycles. The SMILES string of the molecule is CN(C(=O)Cn1cccn1)C1CCCC1. The van der Waals surface area contributed by atoms with Gasteiger partial charge in [-0.1, -0.05) is 12.8 Å². The van der Waals surface area contributed by atoms with Crippen LogP contribution in [0.2, 0.25) is 0 Å². The van der Waals surface area contributed by atoms with Crippen LogP contribution in [0.5, 0.6) is 0 Å². The van der Waals surface area contributed by atoms with Crippen LogP contribution >= 0.6 is 0 Å². The van der Waals surface area contributed by atoms with Crippen molar-refractivity contribution < 1.29 is 4.79 Å². The minimum atomic E-state index is 0.158. The van der Waals surface area contributed by atoms with E-state index in [-0.39, 0.29) is 5.91 Å². The summed E-state index contributed by atoms with van der Waals surface area (Å²) in [5.74, 6) is 0.158. The highest BCUT2D eigenvalue weighted by Crippen LogP contribution is 2.22. The second kappa shape index (κ2) is 4.47. The number of carbonyl (C=O) groups excluding carboxylic acids is 1. The van der Waals surface area contributed by atoms with Crippen LogP contribution in [0.15, 0.2) is 18.5 Å². The number of hydrogen-bond donors (Lipinski definition) is 0. The van der Waals surface area contributed by atoms with Gasteiger partial charge in [0.1, 0.15) is 6.54 Å². The van der Waals surface area contributed by atoms with E-state index in [1.54, 1.807) is 10.9 Å². The van der Waals surface area contributed by atoms with Crippen molar-refractivity contribution in [3.05, 3.63) is 18.5 Å². The Balaban J connectivity index is 1.89. The normalized spacial score (nSPS) is 16.9. The minimum absolute atomic E-state index is 0.158. The highest BCUT2D eigenvalue weighted by Gasteiger charge is 2.23. The molecule has 0 aromatic carbocycles. The third-order valence-electron chi connectivity index (χ3n) is 3.12. The molecule has 1 heterocycles. The largest absolute Gasteiger partial charge is 0.341 e. The van der Waals surface area contributed by atoms with Crippen LogP contribution in [-0.2, 0) is 11.3 Å². The standard InChI is InChI=1S/C11H17N3O/c1-13(10-5-2-3-6-10)11(15)9-14-8-4-7-12-14/h4,7-8,10H,2-3,5-6,9H2,1H3. The van der Waals surface area contributed by atoms with Crippen molar-refractivity contribution in [3.8, 4) is 0 Å². The zero-order valence-electron chi connectivity index (χ0n) is 9.09. The molecular weight excluding hydrogens is 190 g/mol. The van der Waals surface area contributed by atoms with E-state index in [4.69, 9.17) is 0 Å². The van der Waals surface area contributed by atoms with Gasteiger partial charge >= 0.3 is 0 Å². The molecule has 0 unspecified atom stereocenters. The molecule has 82 valence electrons. The maximum absolute atomic E-state index is 11.9. The fourth-order valence-electron chi connectivity index (χ4n) is 2.14. The van der Waals surface area contributed by atoms with Crippen molar-refractivity contribution in [2.75, 3.05) is 7.05 Å². The predicted molar refractivity (Wildman–Crippen MR) is 57.3 cm³/mol. The van der Waals surface area contributed by atoms with E-state index in [9.17, 15) is 4.79 Å². The van der Waals surface area contributed by atoms with Gasteiger partial charge in [-0.3, -0.25) is 9.48 Å². The number of likely N-dealkylation sites (N-methyl/N-ethyl adjacent to an activating group) is 1. The Kier molecular flexibility index (Phi) is 3.04. The molecule has 1 fully saturated rings. The lowest BCUT2D eigenvalue weighted by Gasteiger charge is -2.24. The van der Waals surface area contributed by atoms with Crippen LogP contribution in [0, 0.1) is 0 Å². The van der Waals surface area contributed by atoms with Gasteiger partial charge in [0.25, 0.3) is 0 Å². The Morgan fingerprint density at radius 3 is 2.87 bits per heavy atom. The molecule has 0 spiro atoms. The minimum Gasteiger partial charge on any atom is -0.341 e. The van der Waals surface area contributed by atoms with E-state index < -0.39 is 0 Å². The van der Waals surface area contributed by atoms with Gasteiger partial charge in [-0.05, 0) is 18.9 Å². The molecule has 15 heavy (non-hydrogen) atoms. The van der Waals surface area contributed by atoms with Crippen LogP contribution in [0.4, 0.5) is 0 Å². The molecule has 0 radical (unpaired) electrons. The van der Waals surface area contributed by atoms with Crippen molar-refractivity contribution in [1.29, 1.82) is 0 Å². The lowest BCUT2D eigenvalue weighted by atomic mass is 10.2. The van der Waals surface area contributed by atoms with Gasteiger partial charge in [-0.2, -0.15) is 5.10 Å². The fourth-order valence-corrected chi connectivity index (χ4v) is 2.14. The van der Waals surface area contributed by atoms with Gasteiger partial charge in [0.05, 0.1) is 0 Å². The molecule has 1 amide bonds. The molecule has 1 aliphatic carbocycles. The first-order valence-corrected chi connectivity index (χ1v) is 5.50. The quantitative estimate of drug-likeness (QED) is 0.749.